The van der Waals surface area contributed by atoms with Crippen LogP contribution in [0.25, 0.3) is 0 Å². The average molecular weight is 291 g/mol. The Hall–Kier alpha value is -2.01. The number of halogens is 1. The highest BCUT2D eigenvalue weighted by molar-refractivity contribution is 7.99. The quantitative estimate of drug-likeness (QED) is 0.827. The van der Waals surface area contributed by atoms with Crippen LogP contribution in [0.1, 0.15) is 6.42 Å². The molecule has 0 saturated carbocycles. The molecule has 2 rings (SSSR count). The van der Waals surface area contributed by atoms with E-state index in [9.17, 15) is 14.3 Å². The van der Waals surface area contributed by atoms with E-state index in [-0.39, 0.29) is 17.5 Å². The third kappa shape index (κ3) is 4.59. The lowest BCUT2D eigenvalue weighted by Crippen LogP contribution is -2.12. The minimum atomic E-state index is -0.378. The standard InChI is InChI=1S/C15H14FNO2S/c16-11-3-1-4-12(9-11)17-15(19)7-8-20-14-6-2-5-13(18)10-14/h1-6,9-10,18H,7-8H2,(H,17,19). The van der Waals surface area contributed by atoms with E-state index in [4.69, 9.17) is 0 Å². The highest BCUT2D eigenvalue weighted by atomic mass is 32.2. The molecule has 2 N–H and O–H groups in total. The number of carbonyl (C=O) groups excluding carboxylic acids is 1. The van der Waals surface area contributed by atoms with E-state index < -0.39 is 0 Å². The van der Waals surface area contributed by atoms with Crippen LogP contribution in [-0.4, -0.2) is 16.8 Å². The molecule has 0 fully saturated rings. The Morgan fingerprint density at radius 3 is 2.75 bits per heavy atom. The fraction of sp³-hybridized carbons (Fsp3) is 0.133. The molecule has 0 aromatic heterocycles. The van der Waals surface area contributed by atoms with Gasteiger partial charge in [0, 0.05) is 22.8 Å². The van der Waals surface area contributed by atoms with Crippen LogP contribution < -0.4 is 5.32 Å². The molecule has 2 aromatic rings. The number of hydrogen-bond donors (Lipinski definition) is 2. The van der Waals surface area contributed by atoms with Gasteiger partial charge in [0.2, 0.25) is 5.91 Å². The minimum Gasteiger partial charge on any atom is -0.508 e. The molecule has 0 spiro atoms. The molecule has 0 heterocycles. The summed E-state index contributed by atoms with van der Waals surface area (Å²) in [4.78, 5) is 12.6. The van der Waals surface area contributed by atoms with Gasteiger partial charge in [-0.2, -0.15) is 0 Å². The smallest absolute Gasteiger partial charge is 0.225 e. The van der Waals surface area contributed by atoms with E-state index in [1.165, 1.54) is 23.9 Å². The van der Waals surface area contributed by atoms with Gasteiger partial charge in [-0.05, 0) is 36.4 Å². The summed E-state index contributed by atoms with van der Waals surface area (Å²) in [7, 11) is 0. The molecule has 20 heavy (non-hydrogen) atoms. The van der Waals surface area contributed by atoms with Crippen molar-refractivity contribution < 1.29 is 14.3 Å². The Labute approximate surface area is 120 Å². The average Bonchev–Trinajstić information content (AvgIpc) is 2.38. The topological polar surface area (TPSA) is 49.3 Å². The fourth-order valence-electron chi connectivity index (χ4n) is 1.62. The largest absolute Gasteiger partial charge is 0.508 e. The van der Waals surface area contributed by atoms with Crippen LogP contribution in [0.5, 0.6) is 5.75 Å². The minimum absolute atomic E-state index is 0.164. The monoisotopic (exact) mass is 291 g/mol. The number of amides is 1. The van der Waals surface area contributed by atoms with Gasteiger partial charge in [-0.1, -0.05) is 12.1 Å². The van der Waals surface area contributed by atoms with Crippen molar-refractivity contribution in [3.8, 4) is 5.75 Å². The van der Waals surface area contributed by atoms with Gasteiger partial charge in [0.1, 0.15) is 11.6 Å². The van der Waals surface area contributed by atoms with E-state index in [1.54, 1.807) is 30.3 Å². The number of carbonyl (C=O) groups is 1. The van der Waals surface area contributed by atoms with Gasteiger partial charge in [0.05, 0.1) is 0 Å². The number of aromatic hydroxyl groups is 1. The molecule has 0 bridgehead atoms. The van der Waals surface area contributed by atoms with Crippen molar-refractivity contribution in [2.75, 3.05) is 11.1 Å². The van der Waals surface area contributed by atoms with Crippen LogP contribution >= 0.6 is 11.8 Å². The number of hydrogen-bond acceptors (Lipinski definition) is 3. The summed E-state index contributed by atoms with van der Waals surface area (Å²) in [6, 6.07) is 12.7. The second-order valence-electron chi connectivity index (χ2n) is 4.15. The highest BCUT2D eigenvalue weighted by Gasteiger charge is 2.04. The molecule has 0 aliphatic heterocycles. The molecule has 3 nitrogen and oxygen atoms in total. The van der Waals surface area contributed by atoms with Crippen LogP contribution in [0.15, 0.2) is 53.4 Å². The van der Waals surface area contributed by atoms with Gasteiger partial charge in [-0.15, -0.1) is 11.8 Å². The predicted octanol–water partition coefficient (Wildman–Crippen LogP) is 3.65. The maximum absolute atomic E-state index is 12.9. The first kappa shape index (κ1) is 14.4. The van der Waals surface area contributed by atoms with Crippen LogP contribution in [0.4, 0.5) is 10.1 Å². The van der Waals surface area contributed by atoms with Crippen molar-refractivity contribution >= 4 is 23.4 Å². The number of phenols is 1. The fourth-order valence-corrected chi connectivity index (χ4v) is 2.53. The SMILES string of the molecule is O=C(CCSc1cccc(O)c1)Nc1cccc(F)c1. The Morgan fingerprint density at radius 2 is 2.00 bits per heavy atom. The maximum atomic E-state index is 12.9. The molecular formula is C15H14FNO2S. The van der Waals surface area contributed by atoms with Gasteiger partial charge >= 0.3 is 0 Å². The van der Waals surface area contributed by atoms with Gasteiger partial charge in [0.25, 0.3) is 0 Å². The number of phenolic OH excluding ortho intramolecular Hbond substituents is 1. The molecule has 0 unspecified atom stereocenters. The van der Waals surface area contributed by atoms with Crippen LogP contribution in [0, 0.1) is 5.82 Å². The molecule has 2 aromatic carbocycles. The van der Waals surface area contributed by atoms with Crippen molar-refractivity contribution in [2.45, 2.75) is 11.3 Å². The molecule has 0 aliphatic rings. The van der Waals surface area contributed by atoms with E-state index in [2.05, 4.69) is 5.32 Å². The number of benzene rings is 2. The molecular weight excluding hydrogens is 277 g/mol. The second-order valence-corrected chi connectivity index (χ2v) is 5.32. The number of nitrogens with one attached hydrogen (secondary N) is 1. The Morgan fingerprint density at radius 1 is 1.20 bits per heavy atom. The zero-order chi connectivity index (χ0) is 14.4. The molecule has 1 amide bonds. The summed E-state index contributed by atoms with van der Waals surface area (Å²) in [5.74, 6) is 0.254. The maximum Gasteiger partial charge on any atom is 0.225 e. The van der Waals surface area contributed by atoms with Crippen molar-refractivity contribution in [1.82, 2.24) is 0 Å². The van der Waals surface area contributed by atoms with Gasteiger partial charge < -0.3 is 10.4 Å². The second kappa shape index (κ2) is 6.96. The highest BCUT2D eigenvalue weighted by Crippen LogP contribution is 2.22. The Bertz CT molecular complexity index is 604. The molecule has 0 radical (unpaired) electrons. The van der Waals surface area contributed by atoms with Crippen molar-refractivity contribution in [3.63, 3.8) is 0 Å². The summed E-state index contributed by atoms with van der Waals surface area (Å²) in [5, 5.41) is 12.0. The van der Waals surface area contributed by atoms with Crippen LogP contribution in [-0.2, 0) is 4.79 Å². The molecule has 0 aliphatic carbocycles. The van der Waals surface area contributed by atoms with Crippen molar-refractivity contribution in [3.05, 3.63) is 54.3 Å². The Balaban J connectivity index is 1.78. The zero-order valence-corrected chi connectivity index (χ0v) is 11.5. The Kier molecular flexibility index (Phi) is 5.01. The lowest BCUT2D eigenvalue weighted by atomic mass is 10.3. The van der Waals surface area contributed by atoms with Gasteiger partial charge in [-0.25, -0.2) is 4.39 Å². The van der Waals surface area contributed by atoms with Crippen molar-refractivity contribution in [2.24, 2.45) is 0 Å². The zero-order valence-electron chi connectivity index (χ0n) is 10.7. The predicted molar refractivity (Wildman–Crippen MR) is 78.5 cm³/mol. The normalized spacial score (nSPS) is 10.2. The molecule has 104 valence electrons. The summed E-state index contributed by atoms with van der Waals surface area (Å²) in [6.07, 6.45) is 0.316. The summed E-state index contributed by atoms with van der Waals surface area (Å²) >= 11 is 1.48. The third-order valence-corrected chi connectivity index (χ3v) is 3.52. The number of anilines is 1. The van der Waals surface area contributed by atoms with E-state index in [0.29, 0.717) is 17.9 Å². The molecule has 5 heteroatoms. The first-order chi connectivity index (χ1) is 9.63. The van der Waals surface area contributed by atoms with E-state index >= 15 is 0 Å². The molecule has 0 atom stereocenters. The van der Waals surface area contributed by atoms with Crippen LogP contribution in [0.3, 0.4) is 0 Å². The summed E-state index contributed by atoms with van der Waals surface area (Å²) in [6.45, 7) is 0. The van der Waals surface area contributed by atoms with E-state index in [1.807, 2.05) is 6.07 Å². The lowest BCUT2D eigenvalue weighted by molar-refractivity contribution is -0.115. The lowest BCUT2D eigenvalue weighted by Gasteiger charge is -2.05. The first-order valence-electron chi connectivity index (χ1n) is 6.11. The summed E-state index contributed by atoms with van der Waals surface area (Å²) in [5.41, 5.74) is 0.456. The molecule has 0 saturated heterocycles. The number of rotatable bonds is 5. The first-order valence-corrected chi connectivity index (χ1v) is 7.09. The van der Waals surface area contributed by atoms with Gasteiger partial charge in [-0.3, -0.25) is 4.79 Å². The van der Waals surface area contributed by atoms with E-state index in [0.717, 1.165) is 4.90 Å². The van der Waals surface area contributed by atoms with Crippen LogP contribution in [0.2, 0.25) is 0 Å². The van der Waals surface area contributed by atoms with Crippen molar-refractivity contribution in [1.29, 1.82) is 0 Å². The third-order valence-electron chi connectivity index (χ3n) is 2.52. The summed E-state index contributed by atoms with van der Waals surface area (Å²) < 4.78 is 12.9. The van der Waals surface area contributed by atoms with Gasteiger partial charge in [0.15, 0.2) is 0 Å². The number of thioether (sulfide) groups is 1.